The molecule has 1 atom stereocenters. The Kier molecular flexibility index (Phi) is 5.05. The number of ether oxygens (including phenoxy) is 2. The molecule has 0 aliphatic carbocycles. The van der Waals surface area contributed by atoms with Gasteiger partial charge in [-0.05, 0) is 37.8 Å². The van der Waals surface area contributed by atoms with Crippen molar-refractivity contribution in [2.24, 2.45) is 5.73 Å². The third kappa shape index (κ3) is 3.60. The van der Waals surface area contributed by atoms with Gasteiger partial charge in [0.05, 0.1) is 18.5 Å². The lowest BCUT2D eigenvalue weighted by Gasteiger charge is -2.39. The molecule has 3 heterocycles. The van der Waals surface area contributed by atoms with Crippen molar-refractivity contribution in [2.75, 3.05) is 20.2 Å². The third-order valence-electron chi connectivity index (χ3n) is 4.54. The van der Waals surface area contributed by atoms with E-state index >= 15 is 0 Å². The Morgan fingerprint density at radius 1 is 1.35 bits per heavy atom. The lowest BCUT2D eigenvalue weighted by atomic mass is 9.93. The van der Waals surface area contributed by atoms with Crippen molar-refractivity contribution < 1.29 is 14.3 Å². The number of hydrogen-bond donors (Lipinski definition) is 1. The predicted octanol–water partition coefficient (Wildman–Crippen LogP) is 2.10. The molecule has 2 aromatic heterocycles. The highest BCUT2D eigenvalue weighted by Gasteiger charge is 2.35. The van der Waals surface area contributed by atoms with Crippen LogP contribution in [-0.4, -0.2) is 53.2 Å². The zero-order valence-corrected chi connectivity index (χ0v) is 16.1. The van der Waals surface area contributed by atoms with Gasteiger partial charge in [0.1, 0.15) is 17.4 Å². The maximum atomic E-state index is 12.1. The number of rotatable bonds is 5. The molecule has 26 heavy (non-hydrogen) atoms. The monoisotopic (exact) mass is 378 g/mol. The summed E-state index contributed by atoms with van der Waals surface area (Å²) < 4.78 is 11.1. The van der Waals surface area contributed by atoms with Gasteiger partial charge in [0.25, 0.3) is 5.91 Å². The van der Waals surface area contributed by atoms with Gasteiger partial charge in [-0.2, -0.15) is 0 Å². The molecule has 0 bridgehead atoms. The zero-order chi connectivity index (χ0) is 19.1. The Balaban J connectivity index is 1.81. The Morgan fingerprint density at radius 2 is 2.04 bits per heavy atom. The predicted molar refractivity (Wildman–Crippen MR) is 99.2 cm³/mol. The van der Waals surface area contributed by atoms with Crippen LogP contribution < -0.4 is 10.5 Å². The van der Waals surface area contributed by atoms with Gasteiger partial charge in [0.15, 0.2) is 0 Å². The zero-order valence-electron chi connectivity index (χ0n) is 15.3. The minimum absolute atomic E-state index is 0.0427. The van der Waals surface area contributed by atoms with Crippen molar-refractivity contribution >= 4 is 28.3 Å². The van der Waals surface area contributed by atoms with Crippen LogP contribution in [0.15, 0.2) is 18.5 Å². The van der Waals surface area contributed by atoms with Crippen LogP contribution in [0, 0.1) is 0 Å². The van der Waals surface area contributed by atoms with Crippen LogP contribution in [0.1, 0.15) is 26.3 Å². The van der Waals surface area contributed by atoms with Gasteiger partial charge in [0, 0.05) is 25.0 Å². The van der Waals surface area contributed by atoms with Gasteiger partial charge in [-0.25, -0.2) is 9.97 Å². The van der Waals surface area contributed by atoms with Crippen LogP contribution in [0.3, 0.4) is 0 Å². The normalized spacial score (nSPS) is 16.5. The highest BCUT2D eigenvalue weighted by atomic mass is 35.5. The summed E-state index contributed by atoms with van der Waals surface area (Å²) in [6.45, 7) is 6.55. The number of amides is 1. The number of nitrogens with two attached hydrogens (primary N) is 1. The summed E-state index contributed by atoms with van der Waals surface area (Å²) in [4.78, 5) is 22.3. The molecule has 0 aromatic carbocycles. The van der Waals surface area contributed by atoms with Crippen LogP contribution in [0.2, 0.25) is 5.15 Å². The molecule has 2 aromatic rings. The van der Waals surface area contributed by atoms with Crippen molar-refractivity contribution in [1.29, 1.82) is 0 Å². The Bertz CT molecular complexity index is 831. The number of fused-ring (bicyclic) bond motifs is 1. The molecular formula is C18H23ClN4O3. The number of hydrogen-bond acceptors (Lipinski definition) is 6. The minimum Gasteiger partial charge on any atom is -0.470 e. The van der Waals surface area contributed by atoms with E-state index < -0.39 is 11.6 Å². The van der Waals surface area contributed by atoms with Crippen LogP contribution in [0.4, 0.5) is 0 Å². The molecule has 0 spiro atoms. The number of nitrogens with zero attached hydrogens (tertiary/aromatic N) is 3. The summed E-state index contributed by atoms with van der Waals surface area (Å²) in [5, 5.41) is 2.00. The molecule has 1 aliphatic rings. The van der Waals surface area contributed by atoms with Gasteiger partial charge in [-0.15, -0.1) is 0 Å². The number of carbonyl (C=O) groups excluding carboxylic acids is 1. The molecule has 140 valence electrons. The van der Waals surface area contributed by atoms with Crippen molar-refractivity contribution in [3.8, 4) is 5.88 Å². The second kappa shape index (κ2) is 6.98. The van der Waals surface area contributed by atoms with Crippen LogP contribution >= 0.6 is 11.6 Å². The first kappa shape index (κ1) is 18.8. The Hall–Kier alpha value is -1.96. The van der Waals surface area contributed by atoms with Gasteiger partial charge in [-0.1, -0.05) is 11.6 Å². The molecule has 1 fully saturated rings. The summed E-state index contributed by atoms with van der Waals surface area (Å²) in [7, 11) is 1.52. The smallest absolute Gasteiger partial charge is 0.251 e. The first-order valence-corrected chi connectivity index (χ1v) is 8.80. The largest absolute Gasteiger partial charge is 0.470 e. The van der Waals surface area contributed by atoms with Crippen molar-refractivity contribution in [1.82, 2.24) is 14.9 Å². The Morgan fingerprint density at radius 3 is 2.65 bits per heavy atom. The molecule has 1 unspecified atom stereocenters. The van der Waals surface area contributed by atoms with Gasteiger partial charge >= 0.3 is 0 Å². The summed E-state index contributed by atoms with van der Waals surface area (Å²) in [5.41, 5.74) is 6.54. The van der Waals surface area contributed by atoms with Gasteiger partial charge in [0.2, 0.25) is 5.88 Å². The Labute approximate surface area is 157 Å². The van der Waals surface area contributed by atoms with E-state index in [0.29, 0.717) is 24.1 Å². The lowest BCUT2D eigenvalue weighted by molar-refractivity contribution is -0.149. The highest BCUT2D eigenvalue weighted by Crippen LogP contribution is 2.33. The van der Waals surface area contributed by atoms with Crippen LogP contribution in [-0.2, 0) is 15.1 Å². The van der Waals surface area contributed by atoms with Gasteiger partial charge < -0.3 is 20.1 Å². The fourth-order valence-electron chi connectivity index (χ4n) is 2.90. The molecule has 3 rings (SSSR count). The van der Waals surface area contributed by atoms with E-state index in [2.05, 4.69) is 9.97 Å². The topological polar surface area (TPSA) is 90.6 Å². The summed E-state index contributed by atoms with van der Waals surface area (Å²) in [5.74, 6) is 0.424. The average Bonchev–Trinajstić information content (AvgIpc) is 2.54. The number of pyridine rings is 2. The number of carbonyl (C=O) groups is 1. The summed E-state index contributed by atoms with van der Waals surface area (Å²) in [6, 6.07) is 1.77. The molecule has 8 heteroatoms. The van der Waals surface area contributed by atoms with Crippen molar-refractivity contribution in [3.05, 3.63) is 29.2 Å². The van der Waals surface area contributed by atoms with Gasteiger partial charge in [-0.3, -0.25) is 4.79 Å². The second-order valence-electron chi connectivity index (χ2n) is 7.11. The molecule has 0 radical (unpaired) electrons. The average molecular weight is 379 g/mol. The van der Waals surface area contributed by atoms with E-state index in [1.54, 1.807) is 30.3 Å². The van der Waals surface area contributed by atoms with Crippen molar-refractivity contribution in [2.45, 2.75) is 38.5 Å². The quantitative estimate of drug-likeness (QED) is 0.801. The first-order valence-electron chi connectivity index (χ1n) is 8.42. The number of aromatic nitrogens is 2. The molecule has 1 aliphatic heterocycles. The van der Waals surface area contributed by atoms with Crippen molar-refractivity contribution in [3.63, 3.8) is 0 Å². The second-order valence-corrected chi connectivity index (χ2v) is 7.50. The molecular weight excluding hydrogens is 356 g/mol. The molecule has 1 saturated heterocycles. The standard InChI is InChI=1S/C18H23ClN4O3/c1-10(25-4)17(24)23-8-11(9-23)26-16-13-6-21-15(19)5-12(13)14(7-22-16)18(2,3)20/h5-7,10-11H,8-9,20H2,1-4H3. The van der Waals surface area contributed by atoms with Crippen LogP contribution in [0.5, 0.6) is 5.88 Å². The highest BCUT2D eigenvalue weighted by molar-refractivity contribution is 6.30. The third-order valence-corrected chi connectivity index (χ3v) is 4.74. The fourth-order valence-corrected chi connectivity index (χ4v) is 3.06. The van der Waals surface area contributed by atoms with E-state index in [-0.39, 0.29) is 12.0 Å². The first-order chi connectivity index (χ1) is 12.2. The van der Waals surface area contributed by atoms with E-state index in [1.807, 2.05) is 13.8 Å². The SMILES string of the molecule is COC(C)C(=O)N1CC(Oc2ncc(C(C)(C)N)c3cc(Cl)ncc23)C1. The van der Waals surface area contributed by atoms with E-state index in [4.69, 9.17) is 26.8 Å². The lowest BCUT2D eigenvalue weighted by Crippen LogP contribution is -2.58. The molecule has 0 saturated carbocycles. The molecule has 7 nitrogen and oxygen atoms in total. The van der Waals surface area contributed by atoms with Crippen LogP contribution in [0.25, 0.3) is 10.8 Å². The fraction of sp³-hybridized carbons (Fsp3) is 0.500. The minimum atomic E-state index is -0.579. The maximum absolute atomic E-state index is 12.1. The van der Waals surface area contributed by atoms with E-state index in [9.17, 15) is 4.79 Å². The number of likely N-dealkylation sites (tertiary alicyclic amines) is 1. The summed E-state index contributed by atoms with van der Waals surface area (Å²) in [6.07, 6.45) is 2.78. The molecule has 2 N–H and O–H groups in total. The van der Waals surface area contributed by atoms with E-state index in [1.165, 1.54) is 7.11 Å². The maximum Gasteiger partial charge on any atom is 0.251 e. The number of methoxy groups -OCH3 is 1. The van der Waals surface area contributed by atoms with E-state index in [0.717, 1.165) is 16.3 Å². The molecule has 1 amide bonds. The number of halogens is 1. The summed E-state index contributed by atoms with van der Waals surface area (Å²) >= 11 is 6.07.